The third-order valence-electron chi connectivity index (χ3n) is 2.68. The number of alkyl halides is 1. The van der Waals surface area contributed by atoms with Crippen molar-refractivity contribution in [2.24, 2.45) is 0 Å². The molecule has 0 saturated carbocycles. The highest BCUT2D eigenvalue weighted by molar-refractivity contribution is 7.09. The van der Waals surface area contributed by atoms with E-state index in [9.17, 15) is 0 Å². The van der Waals surface area contributed by atoms with Gasteiger partial charge in [-0.3, -0.25) is 0 Å². The summed E-state index contributed by atoms with van der Waals surface area (Å²) in [6, 6.07) is 9.99. The lowest BCUT2D eigenvalue weighted by Gasteiger charge is -2.14. The van der Waals surface area contributed by atoms with Crippen LogP contribution < -0.4 is 9.47 Å². The Bertz CT molecular complexity index is 497. The van der Waals surface area contributed by atoms with Crippen molar-refractivity contribution in [1.82, 2.24) is 0 Å². The molecule has 0 amide bonds. The molecule has 0 aliphatic heterocycles. The first-order chi connectivity index (χ1) is 9.35. The second kappa shape index (κ2) is 7.41. The zero-order chi connectivity index (χ0) is 13.5. The molecule has 19 heavy (non-hydrogen) atoms. The Hall–Kier alpha value is -1.19. The first-order valence-corrected chi connectivity index (χ1v) is 7.72. The Morgan fingerprint density at radius 2 is 2.05 bits per heavy atom. The van der Waals surface area contributed by atoms with Gasteiger partial charge >= 0.3 is 0 Å². The van der Waals surface area contributed by atoms with Gasteiger partial charge in [0.1, 0.15) is 0 Å². The molecule has 0 bridgehead atoms. The van der Waals surface area contributed by atoms with Gasteiger partial charge in [-0.2, -0.15) is 0 Å². The van der Waals surface area contributed by atoms with E-state index in [0.29, 0.717) is 19.1 Å². The summed E-state index contributed by atoms with van der Waals surface area (Å²) in [4.78, 5) is 1.32. The van der Waals surface area contributed by atoms with E-state index in [4.69, 9.17) is 21.1 Å². The highest BCUT2D eigenvalue weighted by Crippen LogP contribution is 2.32. The van der Waals surface area contributed by atoms with Gasteiger partial charge in [-0.15, -0.1) is 22.9 Å². The molecule has 0 aliphatic carbocycles. The average Bonchev–Trinajstić information content (AvgIpc) is 2.93. The van der Waals surface area contributed by atoms with Crippen molar-refractivity contribution >= 4 is 22.9 Å². The lowest BCUT2D eigenvalue weighted by atomic mass is 10.2. The number of rotatable bonds is 7. The maximum atomic E-state index is 5.95. The SMILES string of the molecule is CCOc1cccc(CCl)c1OCCc1cccs1. The van der Waals surface area contributed by atoms with Crippen LogP contribution in [0.25, 0.3) is 0 Å². The molecule has 0 unspecified atom stereocenters. The minimum atomic E-state index is 0.426. The summed E-state index contributed by atoms with van der Waals surface area (Å²) >= 11 is 7.69. The van der Waals surface area contributed by atoms with Gasteiger partial charge in [-0.05, 0) is 24.4 Å². The minimum Gasteiger partial charge on any atom is -0.490 e. The third-order valence-corrected chi connectivity index (χ3v) is 3.90. The molecule has 0 aliphatic rings. The normalized spacial score (nSPS) is 10.4. The Kier molecular flexibility index (Phi) is 5.55. The maximum Gasteiger partial charge on any atom is 0.165 e. The van der Waals surface area contributed by atoms with Gasteiger partial charge in [0.15, 0.2) is 11.5 Å². The minimum absolute atomic E-state index is 0.426. The number of para-hydroxylation sites is 1. The Morgan fingerprint density at radius 1 is 1.16 bits per heavy atom. The third kappa shape index (κ3) is 3.88. The summed E-state index contributed by atoms with van der Waals surface area (Å²) < 4.78 is 11.5. The van der Waals surface area contributed by atoms with Gasteiger partial charge in [0.25, 0.3) is 0 Å². The van der Waals surface area contributed by atoms with Crippen LogP contribution in [-0.2, 0) is 12.3 Å². The van der Waals surface area contributed by atoms with Crippen LogP contribution in [0.1, 0.15) is 17.4 Å². The summed E-state index contributed by atoms with van der Waals surface area (Å²) in [5, 5.41) is 2.08. The van der Waals surface area contributed by atoms with E-state index in [1.165, 1.54) is 4.88 Å². The molecule has 102 valence electrons. The molecule has 2 aromatic rings. The van der Waals surface area contributed by atoms with Crippen LogP contribution in [-0.4, -0.2) is 13.2 Å². The molecule has 0 radical (unpaired) electrons. The zero-order valence-electron chi connectivity index (χ0n) is 10.9. The van der Waals surface area contributed by atoms with Crippen molar-refractivity contribution < 1.29 is 9.47 Å². The van der Waals surface area contributed by atoms with Crippen LogP contribution in [0.4, 0.5) is 0 Å². The van der Waals surface area contributed by atoms with Crippen LogP contribution in [0.15, 0.2) is 35.7 Å². The molecule has 0 saturated heterocycles. The molecule has 0 fully saturated rings. The van der Waals surface area contributed by atoms with Crippen molar-refractivity contribution in [2.75, 3.05) is 13.2 Å². The molecular formula is C15H17ClO2S. The number of halogens is 1. The first kappa shape index (κ1) is 14.2. The molecule has 1 aromatic heterocycles. The summed E-state index contributed by atoms with van der Waals surface area (Å²) in [5.74, 6) is 1.97. The molecule has 1 aromatic carbocycles. The largest absolute Gasteiger partial charge is 0.490 e. The number of benzene rings is 1. The lowest BCUT2D eigenvalue weighted by molar-refractivity contribution is 0.278. The van der Waals surface area contributed by atoms with Gasteiger partial charge < -0.3 is 9.47 Å². The summed E-state index contributed by atoms with van der Waals surface area (Å²) in [5.41, 5.74) is 0.971. The van der Waals surface area contributed by atoms with E-state index < -0.39 is 0 Å². The predicted molar refractivity (Wildman–Crippen MR) is 80.7 cm³/mol. The fraction of sp³-hybridized carbons (Fsp3) is 0.333. The van der Waals surface area contributed by atoms with E-state index in [2.05, 4.69) is 17.5 Å². The molecule has 1 heterocycles. The number of thiophene rings is 1. The highest BCUT2D eigenvalue weighted by Gasteiger charge is 2.10. The van der Waals surface area contributed by atoms with Gasteiger partial charge in [-0.25, -0.2) is 0 Å². The van der Waals surface area contributed by atoms with Crippen LogP contribution >= 0.6 is 22.9 Å². The number of hydrogen-bond donors (Lipinski definition) is 0. The number of ether oxygens (including phenoxy) is 2. The van der Waals surface area contributed by atoms with Crippen LogP contribution in [0.5, 0.6) is 11.5 Å². The van der Waals surface area contributed by atoms with E-state index in [-0.39, 0.29) is 0 Å². The van der Waals surface area contributed by atoms with Crippen LogP contribution in [0.3, 0.4) is 0 Å². The average molecular weight is 297 g/mol. The summed E-state index contributed by atoms with van der Waals surface area (Å²) in [6.07, 6.45) is 0.903. The first-order valence-electron chi connectivity index (χ1n) is 6.31. The fourth-order valence-electron chi connectivity index (χ4n) is 1.81. The van der Waals surface area contributed by atoms with E-state index in [1.54, 1.807) is 11.3 Å². The second-order valence-electron chi connectivity index (χ2n) is 3.99. The summed E-state index contributed by atoms with van der Waals surface area (Å²) in [7, 11) is 0. The number of hydrogen-bond acceptors (Lipinski definition) is 3. The predicted octanol–water partition coefficient (Wildman–Crippen LogP) is 4.51. The highest BCUT2D eigenvalue weighted by atomic mass is 35.5. The zero-order valence-corrected chi connectivity index (χ0v) is 12.5. The Morgan fingerprint density at radius 3 is 2.74 bits per heavy atom. The molecule has 4 heteroatoms. The molecular weight excluding hydrogens is 280 g/mol. The molecule has 0 N–H and O–H groups in total. The Balaban J connectivity index is 2.04. The van der Waals surface area contributed by atoms with Gasteiger partial charge in [-0.1, -0.05) is 18.2 Å². The smallest absolute Gasteiger partial charge is 0.165 e. The van der Waals surface area contributed by atoms with Crippen LogP contribution in [0, 0.1) is 0 Å². The second-order valence-corrected chi connectivity index (χ2v) is 5.29. The molecule has 2 nitrogen and oxygen atoms in total. The van der Waals surface area contributed by atoms with Gasteiger partial charge in [0.2, 0.25) is 0 Å². The van der Waals surface area contributed by atoms with Crippen LogP contribution in [0.2, 0.25) is 0 Å². The topological polar surface area (TPSA) is 18.5 Å². The van der Waals surface area contributed by atoms with E-state index in [0.717, 1.165) is 23.5 Å². The Labute approximate surface area is 122 Å². The van der Waals surface area contributed by atoms with E-state index in [1.807, 2.05) is 25.1 Å². The quantitative estimate of drug-likeness (QED) is 0.700. The van der Waals surface area contributed by atoms with Crippen molar-refractivity contribution in [2.45, 2.75) is 19.2 Å². The van der Waals surface area contributed by atoms with Crippen molar-refractivity contribution in [3.05, 3.63) is 46.2 Å². The van der Waals surface area contributed by atoms with Crippen molar-refractivity contribution in [1.29, 1.82) is 0 Å². The summed E-state index contributed by atoms with van der Waals surface area (Å²) in [6.45, 7) is 3.21. The molecule has 0 atom stereocenters. The monoisotopic (exact) mass is 296 g/mol. The van der Waals surface area contributed by atoms with Gasteiger partial charge in [0.05, 0.1) is 19.1 Å². The van der Waals surface area contributed by atoms with Gasteiger partial charge in [0, 0.05) is 16.9 Å². The molecule has 0 spiro atoms. The standard InChI is InChI=1S/C15H17ClO2S/c1-2-17-14-7-3-5-12(11-16)15(14)18-9-8-13-6-4-10-19-13/h3-7,10H,2,8-9,11H2,1H3. The fourth-order valence-corrected chi connectivity index (χ4v) is 2.71. The molecule has 2 rings (SSSR count). The van der Waals surface area contributed by atoms with Crippen molar-refractivity contribution in [3.63, 3.8) is 0 Å². The van der Waals surface area contributed by atoms with E-state index >= 15 is 0 Å². The van der Waals surface area contributed by atoms with Crippen molar-refractivity contribution in [3.8, 4) is 11.5 Å². The lowest BCUT2D eigenvalue weighted by Crippen LogP contribution is -2.04. The maximum absolute atomic E-state index is 5.95.